The van der Waals surface area contributed by atoms with Crippen LogP contribution in [-0.4, -0.2) is 17.0 Å². The van der Waals surface area contributed by atoms with Crippen LogP contribution in [0, 0.1) is 11.8 Å². The summed E-state index contributed by atoms with van der Waals surface area (Å²) in [5.74, 6) is -3.15. The van der Waals surface area contributed by atoms with Crippen LogP contribution in [0.5, 0.6) is 0 Å². The van der Waals surface area contributed by atoms with Crippen LogP contribution < -0.4 is 5.32 Å². The maximum Gasteiger partial charge on any atom is 0.416 e. The molecule has 0 aromatic heterocycles. The molecule has 0 aliphatic heterocycles. The Kier molecular flexibility index (Phi) is 4.44. The second-order valence-corrected chi connectivity index (χ2v) is 5.51. The zero-order valence-corrected chi connectivity index (χ0v) is 11.9. The van der Waals surface area contributed by atoms with E-state index in [0.29, 0.717) is 5.56 Å². The standard InChI is InChI=1S/C15H16F3NO3/c1-8(14(21)22)13(20)19-12(9-5-6-9)10-3-2-4-11(7-10)15(16,17)18/h2-4,7-9,12H,5-6H2,1H3,(H,19,20)(H,21,22). The lowest BCUT2D eigenvalue weighted by Crippen LogP contribution is -2.37. The Morgan fingerprint density at radius 3 is 2.45 bits per heavy atom. The van der Waals surface area contributed by atoms with E-state index in [9.17, 15) is 22.8 Å². The molecule has 120 valence electrons. The predicted molar refractivity (Wildman–Crippen MR) is 71.9 cm³/mol. The molecule has 0 saturated heterocycles. The van der Waals surface area contributed by atoms with Crippen LogP contribution in [0.2, 0.25) is 0 Å². The fourth-order valence-electron chi connectivity index (χ4n) is 2.20. The van der Waals surface area contributed by atoms with E-state index in [1.165, 1.54) is 19.1 Å². The summed E-state index contributed by atoms with van der Waals surface area (Å²) >= 11 is 0. The van der Waals surface area contributed by atoms with Gasteiger partial charge in [-0.05, 0) is 43.4 Å². The largest absolute Gasteiger partial charge is 0.481 e. The first-order chi connectivity index (χ1) is 10.2. The van der Waals surface area contributed by atoms with Crippen molar-refractivity contribution in [1.82, 2.24) is 5.32 Å². The van der Waals surface area contributed by atoms with Gasteiger partial charge in [-0.1, -0.05) is 12.1 Å². The van der Waals surface area contributed by atoms with E-state index in [0.717, 1.165) is 25.0 Å². The Morgan fingerprint density at radius 1 is 1.32 bits per heavy atom. The number of alkyl halides is 3. The minimum atomic E-state index is -4.46. The van der Waals surface area contributed by atoms with Crippen molar-refractivity contribution < 1.29 is 27.9 Å². The number of carbonyl (C=O) groups excluding carboxylic acids is 1. The van der Waals surface area contributed by atoms with Gasteiger partial charge in [-0.25, -0.2) is 0 Å². The molecule has 7 heteroatoms. The maximum atomic E-state index is 12.8. The molecule has 2 rings (SSSR count). The minimum Gasteiger partial charge on any atom is -0.481 e. The quantitative estimate of drug-likeness (QED) is 0.821. The molecule has 1 aliphatic rings. The molecule has 0 radical (unpaired) electrons. The SMILES string of the molecule is CC(C(=O)O)C(=O)NC(c1cccc(C(F)(F)F)c1)C1CC1. The second-order valence-electron chi connectivity index (χ2n) is 5.51. The molecular weight excluding hydrogens is 299 g/mol. The van der Waals surface area contributed by atoms with Gasteiger partial charge in [0.25, 0.3) is 0 Å². The Bertz CT molecular complexity index is 582. The lowest BCUT2D eigenvalue weighted by molar-refractivity contribution is -0.146. The highest BCUT2D eigenvalue weighted by Gasteiger charge is 2.37. The average molecular weight is 315 g/mol. The third-order valence-electron chi connectivity index (χ3n) is 3.73. The molecule has 1 saturated carbocycles. The smallest absolute Gasteiger partial charge is 0.416 e. The highest BCUT2D eigenvalue weighted by molar-refractivity contribution is 5.96. The highest BCUT2D eigenvalue weighted by Crippen LogP contribution is 2.42. The molecular formula is C15H16F3NO3. The van der Waals surface area contributed by atoms with Gasteiger partial charge in [0.1, 0.15) is 5.92 Å². The number of hydrogen-bond acceptors (Lipinski definition) is 2. The first-order valence-electron chi connectivity index (χ1n) is 6.90. The van der Waals surface area contributed by atoms with E-state index in [1.807, 2.05) is 0 Å². The Hall–Kier alpha value is -2.05. The molecule has 0 heterocycles. The Morgan fingerprint density at radius 2 is 1.95 bits per heavy atom. The molecule has 0 bridgehead atoms. The predicted octanol–water partition coefficient (Wildman–Crippen LogP) is 2.99. The number of carboxylic acids is 1. The molecule has 2 N–H and O–H groups in total. The Labute approximate surface area is 125 Å². The molecule has 0 spiro atoms. The second kappa shape index (κ2) is 5.98. The summed E-state index contributed by atoms with van der Waals surface area (Å²) in [5.41, 5.74) is -0.431. The number of carboxylic acid groups (broad SMARTS) is 1. The summed E-state index contributed by atoms with van der Waals surface area (Å²) in [5, 5.41) is 11.4. The third-order valence-corrected chi connectivity index (χ3v) is 3.73. The van der Waals surface area contributed by atoms with Crippen molar-refractivity contribution in [2.45, 2.75) is 32.0 Å². The van der Waals surface area contributed by atoms with Crippen LogP contribution in [-0.2, 0) is 15.8 Å². The zero-order valence-electron chi connectivity index (χ0n) is 11.9. The van der Waals surface area contributed by atoms with E-state index < -0.39 is 35.6 Å². The van der Waals surface area contributed by atoms with E-state index >= 15 is 0 Å². The van der Waals surface area contributed by atoms with Gasteiger partial charge in [0, 0.05) is 0 Å². The van der Waals surface area contributed by atoms with Gasteiger partial charge in [-0.15, -0.1) is 0 Å². The van der Waals surface area contributed by atoms with Crippen LogP contribution in [0.4, 0.5) is 13.2 Å². The number of amides is 1. The average Bonchev–Trinajstić information content (AvgIpc) is 3.27. The first kappa shape index (κ1) is 16.3. The molecule has 4 nitrogen and oxygen atoms in total. The van der Waals surface area contributed by atoms with Gasteiger partial charge in [0.15, 0.2) is 0 Å². The number of aliphatic carboxylic acids is 1. The van der Waals surface area contributed by atoms with Crippen molar-refractivity contribution in [3.8, 4) is 0 Å². The van der Waals surface area contributed by atoms with Crippen LogP contribution >= 0.6 is 0 Å². The van der Waals surface area contributed by atoms with Gasteiger partial charge >= 0.3 is 12.1 Å². The van der Waals surface area contributed by atoms with Gasteiger partial charge < -0.3 is 10.4 Å². The summed E-state index contributed by atoms with van der Waals surface area (Å²) in [6, 6.07) is 4.20. The van der Waals surface area contributed by atoms with Gasteiger partial charge in [0.05, 0.1) is 11.6 Å². The molecule has 22 heavy (non-hydrogen) atoms. The van der Waals surface area contributed by atoms with E-state index in [1.54, 1.807) is 0 Å². The molecule has 2 atom stereocenters. The number of hydrogen-bond donors (Lipinski definition) is 2. The van der Waals surface area contributed by atoms with Crippen molar-refractivity contribution in [1.29, 1.82) is 0 Å². The van der Waals surface area contributed by atoms with Crippen LogP contribution in [0.25, 0.3) is 0 Å². The van der Waals surface area contributed by atoms with Gasteiger partial charge in [-0.2, -0.15) is 13.2 Å². The van der Waals surface area contributed by atoms with Crippen LogP contribution in [0.15, 0.2) is 24.3 Å². The molecule has 2 unspecified atom stereocenters. The van der Waals surface area contributed by atoms with Crippen LogP contribution in [0.3, 0.4) is 0 Å². The molecule has 1 aromatic carbocycles. The molecule has 1 aliphatic carbocycles. The number of carbonyl (C=O) groups is 2. The number of rotatable bonds is 5. The lowest BCUT2D eigenvalue weighted by atomic mass is 9.99. The molecule has 1 fully saturated rings. The number of halogens is 3. The van der Waals surface area contributed by atoms with Crippen molar-refractivity contribution >= 4 is 11.9 Å². The van der Waals surface area contributed by atoms with Crippen LogP contribution in [0.1, 0.15) is 36.9 Å². The monoisotopic (exact) mass is 315 g/mol. The number of nitrogens with one attached hydrogen (secondary N) is 1. The topological polar surface area (TPSA) is 66.4 Å². The minimum absolute atomic E-state index is 0.0495. The van der Waals surface area contributed by atoms with E-state index in [-0.39, 0.29) is 5.92 Å². The van der Waals surface area contributed by atoms with Crippen molar-refractivity contribution in [2.24, 2.45) is 11.8 Å². The fraction of sp³-hybridized carbons (Fsp3) is 0.467. The highest BCUT2D eigenvalue weighted by atomic mass is 19.4. The normalized spacial score (nSPS) is 17.6. The summed E-state index contributed by atoms with van der Waals surface area (Å²) in [7, 11) is 0. The molecule has 1 amide bonds. The van der Waals surface area contributed by atoms with Crippen molar-refractivity contribution in [3.05, 3.63) is 35.4 Å². The Balaban J connectivity index is 2.22. The van der Waals surface area contributed by atoms with Gasteiger partial charge in [-0.3, -0.25) is 9.59 Å². The van der Waals surface area contributed by atoms with E-state index in [2.05, 4.69) is 5.32 Å². The summed E-state index contributed by atoms with van der Waals surface area (Å²) < 4.78 is 38.3. The number of benzene rings is 1. The van der Waals surface area contributed by atoms with Gasteiger partial charge in [0.2, 0.25) is 5.91 Å². The first-order valence-corrected chi connectivity index (χ1v) is 6.90. The zero-order chi connectivity index (χ0) is 16.5. The summed E-state index contributed by atoms with van der Waals surface area (Å²) in [6.07, 6.45) is -2.87. The van der Waals surface area contributed by atoms with Crippen molar-refractivity contribution in [3.63, 3.8) is 0 Å². The third kappa shape index (κ3) is 3.78. The lowest BCUT2D eigenvalue weighted by Gasteiger charge is -2.21. The summed E-state index contributed by atoms with van der Waals surface area (Å²) in [4.78, 5) is 22.7. The fourth-order valence-corrected chi connectivity index (χ4v) is 2.20. The van der Waals surface area contributed by atoms with Crippen molar-refractivity contribution in [2.75, 3.05) is 0 Å². The maximum absolute atomic E-state index is 12.8. The van der Waals surface area contributed by atoms with E-state index in [4.69, 9.17) is 5.11 Å². The summed E-state index contributed by atoms with van der Waals surface area (Å²) in [6.45, 7) is 1.24. The molecule has 1 aromatic rings.